The van der Waals surface area contributed by atoms with Gasteiger partial charge < -0.3 is 18.8 Å². The molecule has 7 heteroatoms. The normalized spacial score (nSPS) is 16.6. The van der Waals surface area contributed by atoms with E-state index in [1.807, 2.05) is 42.5 Å². The Balaban J connectivity index is 1.52. The highest BCUT2D eigenvalue weighted by Crippen LogP contribution is 2.40. The van der Waals surface area contributed by atoms with Crippen molar-refractivity contribution in [2.24, 2.45) is 0 Å². The van der Waals surface area contributed by atoms with E-state index in [1.165, 1.54) is 0 Å². The maximum Gasteiger partial charge on any atom is 0.291 e. The molecule has 0 bridgehead atoms. The van der Waals surface area contributed by atoms with Gasteiger partial charge in [-0.25, -0.2) is 0 Å². The minimum absolute atomic E-state index is 0.0967. The summed E-state index contributed by atoms with van der Waals surface area (Å²) in [5.74, 6) is 1.10. The van der Waals surface area contributed by atoms with Crippen LogP contribution in [0.5, 0.6) is 11.5 Å². The van der Waals surface area contributed by atoms with E-state index in [-0.39, 0.29) is 30.4 Å². The molecule has 0 radical (unpaired) electrons. The maximum atomic E-state index is 13.5. The molecule has 0 aliphatic carbocycles. The molecule has 0 spiro atoms. The standard InChI is InChI=1S/C25H16BrNO5/c26-16-5-3-4-15(11-16)22-21-23(28)17-6-1-2-7-18(17)32-24(21)25(29)27(22)12-14-8-9-19-20(10-14)31-13-30-19/h1-11,22H,12-13H2. The molecule has 2 aliphatic rings. The number of fused-ring (bicyclic) bond motifs is 3. The number of carbonyl (C=O) groups excluding carboxylic acids is 1. The summed E-state index contributed by atoms with van der Waals surface area (Å²) in [6, 6.07) is 19.7. The third kappa shape index (κ3) is 2.92. The summed E-state index contributed by atoms with van der Waals surface area (Å²) in [7, 11) is 0. The minimum Gasteiger partial charge on any atom is -0.454 e. The smallest absolute Gasteiger partial charge is 0.291 e. The van der Waals surface area contributed by atoms with Crippen LogP contribution < -0.4 is 14.9 Å². The first-order valence-corrected chi connectivity index (χ1v) is 10.9. The third-order valence-corrected chi connectivity index (χ3v) is 6.32. The Morgan fingerprint density at radius 3 is 2.66 bits per heavy atom. The first-order valence-electron chi connectivity index (χ1n) is 10.1. The van der Waals surface area contributed by atoms with Gasteiger partial charge in [0.15, 0.2) is 16.9 Å². The number of benzene rings is 3. The second-order valence-corrected chi connectivity index (χ2v) is 8.66. The molecule has 0 fully saturated rings. The lowest BCUT2D eigenvalue weighted by Gasteiger charge is -2.25. The van der Waals surface area contributed by atoms with Gasteiger partial charge in [0, 0.05) is 11.0 Å². The summed E-state index contributed by atoms with van der Waals surface area (Å²) in [6.07, 6.45) is 0. The van der Waals surface area contributed by atoms with Crippen molar-refractivity contribution in [2.75, 3.05) is 6.79 Å². The van der Waals surface area contributed by atoms with Crippen molar-refractivity contribution in [2.45, 2.75) is 12.6 Å². The number of hydrogen-bond acceptors (Lipinski definition) is 5. The average Bonchev–Trinajstić information content (AvgIpc) is 3.37. The van der Waals surface area contributed by atoms with Gasteiger partial charge in [-0.2, -0.15) is 0 Å². The van der Waals surface area contributed by atoms with Crippen molar-refractivity contribution >= 4 is 32.8 Å². The van der Waals surface area contributed by atoms with E-state index >= 15 is 0 Å². The Kier molecular flexibility index (Phi) is 4.33. The van der Waals surface area contributed by atoms with E-state index in [0.29, 0.717) is 28.0 Å². The predicted octanol–water partition coefficient (Wildman–Crippen LogP) is 5.03. The van der Waals surface area contributed by atoms with Crippen LogP contribution in [0, 0.1) is 0 Å². The van der Waals surface area contributed by atoms with E-state index < -0.39 is 6.04 Å². The van der Waals surface area contributed by atoms with Gasteiger partial charge in [0.2, 0.25) is 12.6 Å². The third-order valence-electron chi connectivity index (χ3n) is 5.83. The van der Waals surface area contributed by atoms with Gasteiger partial charge in [0.05, 0.1) is 17.0 Å². The van der Waals surface area contributed by atoms with Crippen LogP contribution in [0.25, 0.3) is 11.0 Å². The summed E-state index contributed by atoms with van der Waals surface area (Å²) in [4.78, 5) is 28.7. The molecule has 1 aromatic heterocycles. The molecule has 1 atom stereocenters. The van der Waals surface area contributed by atoms with Gasteiger partial charge in [-0.15, -0.1) is 0 Å². The lowest BCUT2D eigenvalue weighted by atomic mass is 9.98. The second kappa shape index (κ2) is 7.24. The van der Waals surface area contributed by atoms with Gasteiger partial charge in [-0.1, -0.05) is 46.3 Å². The first kappa shape index (κ1) is 19.1. The van der Waals surface area contributed by atoms with Crippen molar-refractivity contribution in [1.29, 1.82) is 0 Å². The van der Waals surface area contributed by atoms with Gasteiger partial charge in [-0.05, 0) is 47.5 Å². The molecule has 0 N–H and O–H groups in total. The molecule has 6 rings (SSSR count). The minimum atomic E-state index is -0.568. The number of nitrogens with zero attached hydrogens (tertiary/aromatic N) is 1. The molecule has 6 nitrogen and oxygen atoms in total. The molecule has 0 saturated carbocycles. The van der Waals surface area contributed by atoms with Crippen LogP contribution in [0.4, 0.5) is 0 Å². The Labute approximate surface area is 191 Å². The Morgan fingerprint density at radius 1 is 0.938 bits per heavy atom. The lowest BCUT2D eigenvalue weighted by molar-refractivity contribution is 0.0714. The molecule has 1 unspecified atom stereocenters. The van der Waals surface area contributed by atoms with E-state index in [1.54, 1.807) is 29.2 Å². The summed E-state index contributed by atoms with van der Waals surface area (Å²) in [5, 5.41) is 0.462. The summed E-state index contributed by atoms with van der Waals surface area (Å²) >= 11 is 3.51. The zero-order chi connectivity index (χ0) is 21.8. The van der Waals surface area contributed by atoms with Crippen LogP contribution in [0.2, 0.25) is 0 Å². The molecular formula is C25H16BrNO5. The van der Waals surface area contributed by atoms with Crippen molar-refractivity contribution in [1.82, 2.24) is 4.90 Å². The number of para-hydroxylation sites is 1. The number of halogens is 1. The Morgan fingerprint density at radius 2 is 1.78 bits per heavy atom. The maximum absolute atomic E-state index is 13.5. The van der Waals surface area contributed by atoms with E-state index in [0.717, 1.165) is 15.6 Å². The zero-order valence-electron chi connectivity index (χ0n) is 16.7. The van der Waals surface area contributed by atoms with Crippen LogP contribution in [-0.2, 0) is 6.54 Å². The highest BCUT2D eigenvalue weighted by atomic mass is 79.9. The number of amides is 1. The molecule has 3 heterocycles. The SMILES string of the molecule is O=C1c2oc3ccccc3c(=O)c2C(c2cccc(Br)c2)N1Cc1ccc2c(c1)OCO2. The van der Waals surface area contributed by atoms with Crippen molar-refractivity contribution in [3.05, 3.63) is 104 Å². The highest BCUT2D eigenvalue weighted by molar-refractivity contribution is 9.10. The number of rotatable bonds is 3. The van der Waals surface area contributed by atoms with E-state index in [4.69, 9.17) is 13.9 Å². The molecule has 3 aromatic carbocycles. The number of carbonyl (C=O) groups is 1. The highest BCUT2D eigenvalue weighted by Gasteiger charge is 2.42. The number of ether oxygens (including phenoxy) is 2. The molecule has 158 valence electrons. The fraction of sp³-hybridized carbons (Fsp3) is 0.120. The molecule has 1 amide bonds. The molecule has 4 aromatic rings. The topological polar surface area (TPSA) is 69.0 Å². The molecule has 32 heavy (non-hydrogen) atoms. The predicted molar refractivity (Wildman–Crippen MR) is 121 cm³/mol. The first-order chi connectivity index (χ1) is 15.6. The van der Waals surface area contributed by atoms with Crippen molar-refractivity contribution in [3.63, 3.8) is 0 Å². The van der Waals surface area contributed by atoms with Crippen molar-refractivity contribution in [3.8, 4) is 11.5 Å². The number of hydrogen-bond donors (Lipinski definition) is 0. The summed E-state index contributed by atoms with van der Waals surface area (Å²) in [6.45, 7) is 0.463. The zero-order valence-corrected chi connectivity index (χ0v) is 18.3. The van der Waals surface area contributed by atoms with Crippen LogP contribution >= 0.6 is 15.9 Å². The quantitative estimate of drug-likeness (QED) is 0.403. The van der Waals surface area contributed by atoms with Crippen LogP contribution in [0.15, 0.2) is 80.4 Å². The van der Waals surface area contributed by atoms with Gasteiger partial charge in [0.1, 0.15) is 5.58 Å². The van der Waals surface area contributed by atoms with Crippen LogP contribution in [0.3, 0.4) is 0 Å². The van der Waals surface area contributed by atoms with E-state index in [2.05, 4.69) is 15.9 Å². The lowest BCUT2D eigenvalue weighted by Crippen LogP contribution is -2.29. The average molecular weight is 490 g/mol. The Hall–Kier alpha value is -3.58. The van der Waals surface area contributed by atoms with Gasteiger partial charge in [-0.3, -0.25) is 9.59 Å². The Bertz CT molecular complexity index is 1460. The monoisotopic (exact) mass is 489 g/mol. The molecule has 2 aliphatic heterocycles. The summed E-state index contributed by atoms with van der Waals surface area (Å²) in [5.41, 5.74) is 2.28. The fourth-order valence-corrected chi connectivity index (χ4v) is 4.81. The molecule has 0 saturated heterocycles. The van der Waals surface area contributed by atoms with Crippen molar-refractivity contribution < 1.29 is 18.7 Å². The van der Waals surface area contributed by atoms with Crippen LogP contribution in [0.1, 0.15) is 33.3 Å². The fourth-order valence-electron chi connectivity index (χ4n) is 4.39. The van der Waals surface area contributed by atoms with Gasteiger partial charge in [0.25, 0.3) is 5.91 Å². The van der Waals surface area contributed by atoms with Crippen LogP contribution in [-0.4, -0.2) is 17.6 Å². The van der Waals surface area contributed by atoms with Gasteiger partial charge >= 0.3 is 0 Å². The largest absolute Gasteiger partial charge is 0.454 e. The van der Waals surface area contributed by atoms with E-state index in [9.17, 15) is 9.59 Å². The second-order valence-electron chi connectivity index (χ2n) is 7.75. The summed E-state index contributed by atoms with van der Waals surface area (Å²) < 4.78 is 17.7. The molecular weight excluding hydrogens is 474 g/mol.